The molecule has 0 radical (unpaired) electrons. The van der Waals surface area contributed by atoms with Crippen LogP contribution in [0.15, 0.2) is 24.5 Å². The zero-order valence-electron chi connectivity index (χ0n) is 13.6. The van der Waals surface area contributed by atoms with E-state index in [2.05, 4.69) is 20.0 Å². The predicted molar refractivity (Wildman–Crippen MR) is 90.6 cm³/mol. The van der Waals surface area contributed by atoms with Crippen molar-refractivity contribution in [1.29, 1.82) is 0 Å². The summed E-state index contributed by atoms with van der Waals surface area (Å²) in [7, 11) is 2.02. The van der Waals surface area contributed by atoms with Gasteiger partial charge >= 0.3 is 0 Å². The maximum atomic E-state index is 14.5. The largest absolute Gasteiger partial charge is 0.306 e. The molecule has 1 atom stereocenters. The molecular weight excluding hydrogens is 348 g/mol. The van der Waals surface area contributed by atoms with Crippen LogP contribution in [0.5, 0.6) is 0 Å². The van der Waals surface area contributed by atoms with Gasteiger partial charge in [0.15, 0.2) is 0 Å². The summed E-state index contributed by atoms with van der Waals surface area (Å²) in [6.45, 7) is 1.73. The van der Waals surface area contributed by atoms with E-state index in [0.29, 0.717) is 11.5 Å². The maximum absolute atomic E-state index is 14.5. The van der Waals surface area contributed by atoms with Crippen molar-refractivity contribution in [2.45, 2.75) is 18.8 Å². The first kappa shape index (κ1) is 16.4. The summed E-state index contributed by atoms with van der Waals surface area (Å²) in [6, 6.07) is 3.77. The maximum Gasteiger partial charge on any atom is 0.253 e. The van der Waals surface area contributed by atoms with E-state index in [-0.39, 0.29) is 22.2 Å². The number of likely N-dealkylation sites (N-methyl/N-ethyl adjacent to an activating group) is 1. The Kier molecular flexibility index (Phi) is 4.13. The molecule has 1 fully saturated rings. The first-order valence-corrected chi connectivity index (χ1v) is 8.46. The van der Waals surface area contributed by atoms with Crippen LogP contribution in [0.3, 0.4) is 0 Å². The lowest BCUT2D eigenvalue weighted by molar-refractivity contribution is 0.247. The molecule has 5 nitrogen and oxygen atoms in total. The van der Waals surface area contributed by atoms with Gasteiger partial charge in [-0.25, -0.2) is 13.3 Å². The Labute approximate surface area is 148 Å². The molecular formula is C17H16ClF2N5. The summed E-state index contributed by atoms with van der Waals surface area (Å²) < 4.78 is 30.5. The monoisotopic (exact) mass is 363 g/mol. The Morgan fingerprint density at radius 1 is 1.20 bits per heavy atom. The lowest BCUT2D eigenvalue weighted by Crippen LogP contribution is -2.32. The Morgan fingerprint density at radius 3 is 2.68 bits per heavy atom. The summed E-state index contributed by atoms with van der Waals surface area (Å²) in [5.41, 5.74) is 0.749. The van der Waals surface area contributed by atoms with Crippen LogP contribution in [0.2, 0.25) is 5.15 Å². The van der Waals surface area contributed by atoms with Crippen molar-refractivity contribution in [3.63, 3.8) is 0 Å². The summed E-state index contributed by atoms with van der Waals surface area (Å²) in [6.07, 6.45) is 3.23. The molecule has 0 amide bonds. The minimum Gasteiger partial charge on any atom is -0.306 e. The van der Waals surface area contributed by atoms with Crippen LogP contribution >= 0.6 is 11.6 Å². The molecule has 0 aliphatic carbocycles. The van der Waals surface area contributed by atoms with Crippen molar-refractivity contribution < 1.29 is 8.78 Å². The number of aromatic nitrogens is 4. The third-order valence-electron chi connectivity index (χ3n) is 4.64. The number of hydrogen-bond acceptors (Lipinski definition) is 4. The zero-order chi connectivity index (χ0) is 17.6. The Bertz CT molecular complexity index is 922. The van der Waals surface area contributed by atoms with Crippen LogP contribution in [0, 0.1) is 11.6 Å². The fourth-order valence-electron chi connectivity index (χ4n) is 3.57. The van der Waals surface area contributed by atoms with E-state index in [1.807, 2.05) is 7.05 Å². The lowest BCUT2D eigenvalue weighted by Gasteiger charge is -2.31. The third kappa shape index (κ3) is 2.77. The molecule has 1 aliphatic heterocycles. The molecule has 1 unspecified atom stereocenters. The van der Waals surface area contributed by atoms with Crippen molar-refractivity contribution in [3.8, 4) is 11.1 Å². The molecule has 0 saturated carbocycles. The fraction of sp³-hybridized carbons (Fsp3) is 0.353. The quantitative estimate of drug-likeness (QED) is 0.653. The molecule has 0 bridgehead atoms. The van der Waals surface area contributed by atoms with E-state index in [1.54, 1.807) is 4.52 Å². The lowest BCUT2D eigenvalue weighted by atomic mass is 9.89. The number of halogens is 3. The van der Waals surface area contributed by atoms with E-state index in [4.69, 9.17) is 11.6 Å². The second kappa shape index (κ2) is 6.31. The first-order chi connectivity index (χ1) is 12.1. The normalized spacial score (nSPS) is 18.8. The molecule has 1 saturated heterocycles. The number of likely N-dealkylation sites (tertiary alicyclic amines) is 1. The molecule has 130 valence electrons. The molecule has 25 heavy (non-hydrogen) atoms. The standard InChI is InChI=1S/C17H16ClF2N5/c1-24-7-3-4-10(8-24)15-14(13-11(19)5-2-6-12(13)20)16(18)23-17-21-9-22-25(15)17/h2,5-6,9-10H,3-4,7-8H2,1H3. The van der Waals surface area contributed by atoms with Crippen molar-refractivity contribution in [1.82, 2.24) is 24.5 Å². The van der Waals surface area contributed by atoms with Crippen LogP contribution in [0.1, 0.15) is 24.5 Å². The highest BCUT2D eigenvalue weighted by molar-refractivity contribution is 6.32. The topological polar surface area (TPSA) is 46.3 Å². The highest BCUT2D eigenvalue weighted by Gasteiger charge is 2.30. The number of nitrogens with zero attached hydrogens (tertiary/aromatic N) is 5. The molecule has 2 aromatic heterocycles. The molecule has 0 N–H and O–H groups in total. The van der Waals surface area contributed by atoms with E-state index in [0.717, 1.165) is 25.9 Å². The summed E-state index contributed by atoms with van der Waals surface area (Å²) >= 11 is 6.36. The van der Waals surface area contributed by atoms with Crippen LogP contribution < -0.4 is 0 Å². The van der Waals surface area contributed by atoms with Crippen molar-refractivity contribution in [2.75, 3.05) is 20.1 Å². The number of hydrogen-bond donors (Lipinski definition) is 0. The van der Waals surface area contributed by atoms with Gasteiger partial charge in [-0.05, 0) is 38.6 Å². The smallest absolute Gasteiger partial charge is 0.253 e. The van der Waals surface area contributed by atoms with Gasteiger partial charge < -0.3 is 4.90 Å². The number of rotatable bonds is 2. The van der Waals surface area contributed by atoms with Gasteiger partial charge in [-0.2, -0.15) is 15.1 Å². The summed E-state index contributed by atoms with van der Waals surface area (Å²) in [5.74, 6) is -0.992. The average Bonchev–Trinajstić information content (AvgIpc) is 3.02. The van der Waals surface area contributed by atoms with E-state index >= 15 is 0 Å². The highest BCUT2D eigenvalue weighted by Crippen LogP contribution is 2.39. The molecule has 8 heteroatoms. The molecule has 3 heterocycles. The Hall–Kier alpha value is -2.12. The van der Waals surface area contributed by atoms with Crippen molar-refractivity contribution >= 4 is 17.4 Å². The fourth-order valence-corrected chi connectivity index (χ4v) is 3.84. The highest BCUT2D eigenvalue weighted by atomic mass is 35.5. The molecule has 1 aromatic carbocycles. The third-order valence-corrected chi connectivity index (χ3v) is 4.92. The van der Waals surface area contributed by atoms with Crippen molar-refractivity contribution in [3.05, 3.63) is 47.0 Å². The van der Waals surface area contributed by atoms with Gasteiger partial charge in [0.05, 0.1) is 11.3 Å². The van der Waals surface area contributed by atoms with Crippen LogP contribution in [-0.4, -0.2) is 44.6 Å². The van der Waals surface area contributed by atoms with Crippen LogP contribution in [0.4, 0.5) is 8.78 Å². The van der Waals surface area contributed by atoms with E-state index in [9.17, 15) is 8.78 Å². The number of fused-ring (bicyclic) bond motifs is 1. The SMILES string of the molecule is CN1CCCC(c2c(-c3c(F)cccc3F)c(Cl)nc3ncnn23)C1. The molecule has 0 spiro atoms. The van der Waals surface area contributed by atoms with Gasteiger partial charge in [-0.15, -0.1) is 0 Å². The summed E-state index contributed by atoms with van der Waals surface area (Å²) in [4.78, 5) is 10.5. The zero-order valence-corrected chi connectivity index (χ0v) is 14.3. The van der Waals surface area contributed by atoms with Gasteiger partial charge in [-0.1, -0.05) is 17.7 Å². The van der Waals surface area contributed by atoms with Crippen molar-refractivity contribution in [2.24, 2.45) is 0 Å². The van der Waals surface area contributed by atoms with Crippen LogP contribution in [0.25, 0.3) is 16.9 Å². The number of benzene rings is 1. The van der Waals surface area contributed by atoms with Gasteiger partial charge in [-0.3, -0.25) is 0 Å². The van der Waals surface area contributed by atoms with Gasteiger partial charge in [0, 0.05) is 18.0 Å². The molecule has 3 aromatic rings. The van der Waals surface area contributed by atoms with E-state index < -0.39 is 11.6 Å². The average molecular weight is 364 g/mol. The van der Waals surface area contributed by atoms with Crippen LogP contribution in [-0.2, 0) is 0 Å². The minimum absolute atomic E-state index is 0.0254. The predicted octanol–water partition coefficient (Wildman–Crippen LogP) is 3.53. The Balaban J connectivity index is 2.03. The second-order valence-corrected chi connectivity index (χ2v) is 6.69. The molecule has 1 aliphatic rings. The van der Waals surface area contributed by atoms with Gasteiger partial charge in [0.1, 0.15) is 23.1 Å². The summed E-state index contributed by atoms with van der Waals surface area (Å²) in [5, 5.41) is 4.26. The van der Waals surface area contributed by atoms with Gasteiger partial charge in [0.25, 0.3) is 5.78 Å². The number of piperidine rings is 1. The van der Waals surface area contributed by atoms with E-state index in [1.165, 1.54) is 24.5 Å². The first-order valence-electron chi connectivity index (χ1n) is 8.08. The second-order valence-electron chi connectivity index (χ2n) is 6.33. The minimum atomic E-state index is -0.673. The Morgan fingerprint density at radius 2 is 1.96 bits per heavy atom. The molecule has 4 rings (SSSR count). The van der Waals surface area contributed by atoms with Gasteiger partial charge in [0.2, 0.25) is 0 Å².